The van der Waals surface area contributed by atoms with E-state index in [4.69, 9.17) is 4.74 Å². The molecule has 25 heavy (non-hydrogen) atoms. The molecule has 2 rings (SSSR count). The number of nitrogens with one attached hydrogen (secondary N) is 1. The first-order valence-corrected chi connectivity index (χ1v) is 7.30. The van der Waals surface area contributed by atoms with E-state index in [-0.39, 0.29) is 17.0 Å². The number of hydrogen-bond donors (Lipinski definition) is 1. The number of esters is 2. The van der Waals surface area contributed by atoms with Gasteiger partial charge < -0.3 is 19.5 Å². The van der Waals surface area contributed by atoms with Crippen molar-refractivity contribution in [3.8, 4) is 11.5 Å². The summed E-state index contributed by atoms with van der Waals surface area (Å²) < 4.78 is 15.0. The monoisotopic (exact) mass is 343 g/mol. The first-order valence-electron chi connectivity index (χ1n) is 7.30. The van der Waals surface area contributed by atoms with E-state index in [1.807, 2.05) is 0 Å². The average molecular weight is 343 g/mol. The van der Waals surface area contributed by atoms with Crippen LogP contribution in [0.2, 0.25) is 0 Å². The lowest BCUT2D eigenvalue weighted by molar-refractivity contribution is -0.114. The third-order valence-corrected chi connectivity index (χ3v) is 3.19. The molecule has 0 aliphatic heterocycles. The van der Waals surface area contributed by atoms with Crippen molar-refractivity contribution in [3.05, 3.63) is 53.6 Å². The standard InChI is InChI=1S/C18H17NO6/c1-11(20)19-12-5-4-6-13(9-12)25-14-7-8-15(17(21)23-2)16(10-14)18(22)24-3/h4-10H,1-3H3,(H,19,20). The van der Waals surface area contributed by atoms with E-state index < -0.39 is 11.9 Å². The highest BCUT2D eigenvalue weighted by atomic mass is 16.5. The van der Waals surface area contributed by atoms with Crippen molar-refractivity contribution in [3.63, 3.8) is 0 Å². The summed E-state index contributed by atoms with van der Waals surface area (Å²) in [5.74, 6) is -0.758. The zero-order chi connectivity index (χ0) is 18.4. The Balaban J connectivity index is 2.32. The minimum Gasteiger partial charge on any atom is -0.465 e. The van der Waals surface area contributed by atoms with Gasteiger partial charge >= 0.3 is 11.9 Å². The molecule has 2 aromatic carbocycles. The predicted octanol–water partition coefficient (Wildman–Crippen LogP) is 3.01. The van der Waals surface area contributed by atoms with Gasteiger partial charge in [0.2, 0.25) is 5.91 Å². The van der Waals surface area contributed by atoms with Gasteiger partial charge in [-0.3, -0.25) is 4.79 Å². The van der Waals surface area contributed by atoms with Crippen molar-refractivity contribution in [2.75, 3.05) is 19.5 Å². The summed E-state index contributed by atoms with van der Waals surface area (Å²) in [5.41, 5.74) is 0.683. The van der Waals surface area contributed by atoms with E-state index in [1.165, 1.54) is 39.3 Å². The Hall–Kier alpha value is -3.35. The second kappa shape index (κ2) is 7.96. The van der Waals surface area contributed by atoms with Crippen LogP contribution < -0.4 is 10.1 Å². The zero-order valence-corrected chi connectivity index (χ0v) is 14.0. The molecule has 1 N–H and O–H groups in total. The summed E-state index contributed by atoms with van der Waals surface area (Å²) >= 11 is 0. The van der Waals surface area contributed by atoms with Gasteiger partial charge in [0.1, 0.15) is 11.5 Å². The van der Waals surface area contributed by atoms with E-state index in [1.54, 1.807) is 24.3 Å². The number of anilines is 1. The first-order chi connectivity index (χ1) is 11.9. The molecule has 0 spiro atoms. The Labute approximate surface area is 144 Å². The number of carbonyl (C=O) groups excluding carboxylic acids is 3. The molecule has 2 aromatic rings. The first kappa shape index (κ1) is 18.0. The fraction of sp³-hybridized carbons (Fsp3) is 0.167. The van der Waals surface area contributed by atoms with Gasteiger partial charge in [-0.25, -0.2) is 9.59 Å². The third-order valence-electron chi connectivity index (χ3n) is 3.19. The fourth-order valence-electron chi connectivity index (χ4n) is 2.13. The molecule has 0 aromatic heterocycles. The Morgan fingerprint density at radius 1 is 0.840 bits per heavy atom. The SMILES string of the molecule is COC(=O)c1ccc(Oc2cccc(NC(C)=O)c2)cc1C(=O)OC. The van der Waals surface area contributed by atoms with Gasteiger partial charge in [0.15, 0.2) is 0 Å². The van der Waals surface area contributed by atoms with Crippen molar-refractivity contribution < 1.29 is 28.6 Å². The largest absolute Gasteiger partial charge is 0.465 e. The molecule has 0 fully saturated rings. The lowest BCUT2D eigenvalue weighted by Crippen LogP contribution is -2.11. The number of amides is 1. The lowest BCUT2D eigenvalue weighted by Gasteiger charge is -2.11. The molecule has 1 amide bonds. The van der Waals surface area contributed by atoms with E-state index in [0.717, 1.165) is 0 Å². The summed E-state index contributed by atoms with van der Waals surface area (Å²) in [7, 11) is 2.44. The van der Waals surface area contributed by atoms with Gasteiger partial charge in [0, 0.05) is 18.7 Å². The lowest BCUT2D eigenvalue weighted by atomic mass is 10.1. The quantitative estimate of drug-likeness (QED) is 0.839. The summed E-state index contributed by atoms with van der Waals surface area (Å²) in [5, 5.41) is 2.65. The van der Waals surface area contributed by atoms with E-state index >= 15 is 0 Å². The summed E-state index contributed by atoms with van der Waals surface area (Å²) in [4.78, 5) is 34.8. The van der Waals surface area contributed by atoms with Crippen molar-refractivity contribution in [1.29, 1.82) is 0 Å². The van der Waals surface area contributed by atoms with Crippen LogP contribution in [0, 0.1) is 0 Å². The van der Waals surface area contributed by atoms with Crippen molar-refractivity contribution in [2.45, 2.75) is 6.92 Å². The molecular formula is C18H17NO6. The van der Waals surface area contributed by atoms with Gasteiger partial charge in [-0.05, 0) is 30.3 Å². The molecule has 0 aliphatic rings. The number of carbonyl (C=O) groups is 3. The number of rotatable bonds is 5. The number of hydrogen-bond acceptors (Lipinski definition) is 6. The van der Waals surface area contributed by atoms with Gasteiger partial charge in [0.05, 0.1) is 25.3 Å². The van der Waals surface area contributed by atoms with Crippen LogP contribution in [0.4, 0.5) is 5.69 Å². The smallest absolute Gasteiger partial charge is 0.338 e. The van der Waals surface area contributed by atoms with Gasteiger partial charge in [-0.2, -0.15) is 0 Å². The molecule has 0 unspecified atom stereocenters. The summed E-state index contributed by atoms with van der Waals surface area (Å²) in [6, 6.07) is 11.1. The maximum atomic E-state index is 11.9. The molecule has 0 radical (unpaired) electrons. The molecule has 0 saturated heterocycles. The summed E-state index contributed by atoms with van der Waals surface area (Å²) in [6.45, 7) is 1.40. The Morgan fingerprint density at radius 2 is 1.48 bits per heavy atom. The Morgan fingerprint density at radius 3 is 2.12 bits per heavy atom. The molecule has 7 heteroatoms. The third kappa shape index (κ3) is 4.57. The highest BCUT2D eigenvalue weighted by Crippen LogP contribution is 2.27. The van der Waals surface area contributed by atoms with Crippen LogP contribution in [-0.4, -0.2) is 32.1 Å². The Bertz CT molecular complexity index is 815. The molecule has 0 heterocycles. The second-order valence-electron chi connectivity index (χ2n) is 5.00. The molecule has 130 valence electrons. The highest BCUT2D eigenvalue weighted by molar-refractivity contribution is 6.03. The van der Waals surface area contributed by atoms with Crippen molar-refractivity contribution >= 4 is 23.5 Å². The zero-order valence-electron chi connectivity index (χ0n) is 14.0. The van der Waals surface area contributed by atoms with Gasteiger partial charge in [0.25, 0.3) is 0 Å². The molecule has 7 nitrogen and oxygen atoms in total. The van der Waals surface area contributed by atoms with Crippen LogP contribution in [0.25, 0.3) is 0 Å². The maximum Gasteiger partial charge on any atom is 0.338 e. The molecule has 0 bridgehead atoms. The van der Waals surface area contributed by atoms with Crippen LogP contribution >= 0.6 is 0 Å². The van der Waals surface area contributed by atoms with Crippen LogP contribution in [0.15, 0.2) is 42.5 Å². The number of methoxy groups -OCH3 is 2. The van der Waals surface area contributed by atoms with Gasteiger partial charge in [-0.15, -0.1) is 0 Å². The predicted molar refractivity (Wildman–Crippen MR) is 89.9 cm³/mol. The minimum absolute atomic E-state index is 0.0323. The average Bonchev–Trinajstić information content (AvgIpc) is 2.60. The molecule has 0 aliphatic carbocycles. The van der Waals surface area contributed by atoms with Crippen molar-refractivity contribution in [2.24, 2.45) is 0 Å². The maximum absolute atomic E-state index is 11.9. The van der Waals surface area contributed by atoms with E-state index in [0.29, 0.717) is 17.2 Å². The topological polar surface area (TPSA) is 90.9 Å². The molecule has 0 atom stereocenters. The molecule has 0 saturated carbocycles. The second-order valence-corrected chi connectivity index (χ2v) is 5.00. The number of ether oxygens (including phenoxy) is 3. The Kier molecular flexibility index (Phi) is 5.73. The number of benzene rings is 2. The highest BCUT2D eigenvalue weighted by Gasteiger charge is 2.19. The van der Waals surface area contributed by atoms with Crippen molar-refractivity contribution in [1.82, 2.24) is 0 Å². The van der Waals surface area contributed by atoms with Crippen LogP contribution in [0.1, 0.15) is 27.6 Å². The summed E-state index contributed by atoms with van der Waals surface area (Å²) in [6.07, 6.45) is 0. The molecular weight excluding hydrogens is 326 g/mol. The normalized spacial score (nSPS) is 9.88. The fourth-order valence-corrected chi connectivity index (χ4v) is 2.13. The van der Waals surface area contributed by atoms with Crippen LogP contribution in [0.3, 0.4) is 0 Å². The van der Waals surface area contributed by atoms with E-state index in [9.17, 15) is 14.4 Å². The van der Waals surface area contributed by atoms with Crippen LogP contribution in [-0.2, 0) is 14.3 Å². The minimum atomic E-state index is -0.683. The van der Waals surface area contributed by atoms with Gasteiger partial charge in [-0.1, -0.05) is 6.07 Å². The van der Waals surface area contributed by atoms with Crippen LogP contribution in [0.5, 0.6) is 11.5 Å². The van der Waals surface area contributed by atoms with E-state index in [2.05, 4.69) is 14.8 Å².